The lowest BCUT2D eigenvalue weighted by molar-refractivity contribution is 0.598. The first kappa shape index (κ1) is 14.8. The van der Waals surface area contributed by atoms with E-state index in [1.54, 1.807) is 6.92 Å². The summed E-state index contributed by atoms with van der Waals surface area (Å²) in [5.74, 6) is -0.0347. The predicted octanol–water partition coefficient (Wildman–Crippen LogP) is 1.15. The number of thiophene rings is 1. The molecule has 0 saturated carbocycles. The van der Waals surface area contributed by atoms with E-state index in [9.17, 15) is 8.42 Å². The van der Waals surface area contributed by atoms with Crippen LogP contribution in [0.3, 0.4) is 0 Å². The van der Waals surface area contributed by atoms with Crippen molar-refractivity contribution in [1.29, 1.82) is 0 Å². The highest BCUT2D eigenvalue weighted by molar-refractivity contribution is 7.93. The van der Waals surface area contributed by atoms with Gasteiger partial charge in [0, 0.05) is 11.4 Å². The summed E-state index contributed by atoms with van der Waals surface area (Å²) >= 11 is 1.42. The summed E-state index contributed by atoms with van der Waals surface area (Å²) in [5, 5.41) is 12.2. The number of sulfonamides is 1. The van der Waals surface area contributed by atoms with Gasteiger partial charge in [0.2, 0.25) is 0 Å². The maximum Gasteiger partial charge on any atom is 0.265 e. The molecular formula is C11H15N5O2S2. The summed E-state index contributed by atoms with van der Waals surface area (Å²) < 4.78 is 27.2. The van der Waals surface area contributed by atoms with Gasteiger partial charge in [-0.3, -0.25) is 0 Å². The van der Waals surface area contributed by atoms with Crippen LogP contribution >= 0.6 is 11.3 Å². The Hall–Kier alpha value is -1.58. The molecule has 2 aromatic rings. The molecule has 0 aliphatic heterocycles. The van der Waals surface area contributed by atoms with Gasteiger partial charge >= 0.3 is 0 Å². The van der Waals surface area contributed by atoms with Crippen LogP contribution in [-0.2, 0) is 16.6 Å². The topological polar surface area (TPSA) is 96.9 Å². The highest BCUT2D eigenvalue weighted by Gasteiger charge is 2.23. The smallest absolute Gasteiger partial charge is 0.265 e. The van der Waals surface area contributed by atoms with Crippen LogP contribution in [0.5, 0.6) is 0 Å². The van der Waals surface area contributed by atoms with Crippen molar-refractivity contribution in [2.24, 2.45) is 0 Å². The number of aromatic nitrogens is 3. The maximum atomic E-state index is 12.4. The fourth-order valence-electron chi connectivity index (χ4n) is 1.67. The largest absolute Gasteiger partial charge is 0.312 e. The molecule has 2 heterocycles. The van der Waals surface area contributed by atoms with Crippen LogP contribution in [0.25, 0.3) is 0 Å². The minimum atomic E-state index is -3.71. The van der Waals surface area contributed by atoms with E-state index in [2.05, 4.69) is 25.2 Å². The second kappa shape index (κ2) is 6.25. The molecule has 0 bridgehead atoms. The zero-order chi connectivity index (χ0) is 14.6. The Morgan fingerprint density at radius 1 is 1.35 bits per heavy atom. The Kier molecular flexibility index (Phi) is 4.63. The van der Waals surface area contributed by atoms with Gasteiger partial charge in [0.1, 0.15) is 4.90 Å². The predicted molar refractivity (Wildman–Crippen MR) is 77.1 cm³/mol. The summed E-state index contributed by atoms with van der Waals surface area (Å²) in [6.07, 6.45) is 2.76. The minimum absolute atomic E-state index is 0.0347. The molecule has 0 unspecified atom stereocenters. The Labute approximate surface area is 121 Å². The lowest BCUT2D eigenvalue weighted by Crippen LogP contribution is -2.19. The summed E-state index contributed by atoms with van der Waals surface area (Å²) in [7, 11) is -3.71. The van der Waals surface area contributed by atoms with Gasteiger partial charge in [0.05, 0.1) is 12.4 Å². The molecule has 108 valence electrons. The van der Waals surface area contributed by atoms with Crippen molar-refractivity contribution in [3.8, 4) is 0 Å². The Bertz CT molecular complexity index is 669. The van der Waals surface area contributed by atoms with Crippen LogP contribution in [-0.4, -0.2) is 30.1 Å². The molecule has 7 nitrogen and oxygen atoms in total. The highest BCUT2D eigenvalue weighted by atomic mass is 32.2. The molecule has 0 radical (unpaired) electrons. The number of hydrogen-bond donors (Lipinski definition) is 2. The zero-order valence-electron chi connectivity index (χ0n) is 11.1. The first-order chi connectivity index (χ1) is 9.54. The van der Waals surface area contributed by atoms with E-state index < -0.39 is 10.0 Å². The van der Waals surface area contributed by atoms with Crippen LogP contribution in [0.2, 0.25) is 0 Å². The van der Waals surface area contributed by atoms with E-state index in [1.807, 2.05) is 12.3 Å². The van der Waals surface area contributed by atoms with Crippen molar-refractivity contribution in [3.05, 3.63) is 28.2 Å². The second-order valence-corrected chi connectivity index (χ2v) is 6.61. The van der Waals surface area contributed by atoms with Crippen molar-refractivity contribution in [2.45, 2.75) is 25.3 Å². The minimum Gasteiger partial charge on any atom is -0.312 e. The second-order valence-electron chi connectivity index (χ2n) is 4.02. The molecule has 0 aliphatic rings. The Morgan fingerprint density at radius 3 is 2.80 bits per heavy atom. The van der Waals surface area contributed by atoms with Crippen LogP contribution in [0, 0.1) is 6.92 Å². The lowest BCUT2D eigenvalue weighted by atomic mass is 10.3. The normalized spacial score (nSPS) is 11.5. The van der Waals surface area contributed by atoms with E-state index in [0.717, 1.165) is 11.4 Å². The van der Waals surface area contributed by atoms with E-state index in [4.69, 9.17) is 0 Å². The number of hydrogen-bond acceptors (Lipinski definition) is 7. The Balaban J connectivity index is 2.32. The van der Waals surface area contributed by atoms with E-state index in [0.29, 0.717) is 12.1 Å². The molecule has 0 fully saturated rings. The molecule has 0 spiro atoms. The van der Waals surface area contributed by atoms with Crippen LogP contribution in [0.4, 0.5) is 5.95 Å². The molecule has 2 rings (SSSR count). The van der Waals surface area contributed by atoms with E-state index >= 15 is 0 Å². The third kappa shape index (κ3) is 3.30. The van der Waals surface area contributed by atoms with Gasteiger partial charge in [-0.05, 0) is 24.4 Å². The van der Waals surface area contributed by atoms with Crippen molar-refractivity contribution in [3.63, 3.8) is 0 Å². The average molecular weight is 313 g/mol. The Morgan fingerprint density at radius 2 is 2.15 bits per heavy atom. The van der Waals surface area contributed by atoms with Crippen molar-refractivity contribution in [2.75, 3.05) is 11.3 Å². The van der Waals surface area contributed by atoms with Crippen molar-refractivity contribution >= 4 is 27.3 Å². The van der Waals surface area contributed by atoms with Gasteiger partial charge < -0.3 is 5.32 Å². The van der Waals surface area contributed by atoms with Crippen LogP contribution < -0.4 is 10.0 Å². The molecule has 0 atom stereocenters. The molecule has 0 aromatic carbocycles. The molecular weight excluding hydrogens is 298 g/mol. The number of nitrogens with zero attached hydrogens (tertiary/aromatic N) is 3. The molecule has 0 aliphatic carbocycles. The molecule has 2 aromatic heterocycles. The van der Waals surface area contributed by atoms with Gasteiger partial charge in [-0.1, -0.05) is 6.92 Å². The summed E-state index contributed by atoms with van der Waals surface area (Å²) in [5.41, 5.74) is 0.708. The van der Waals surface area contributed by atoms with Gasteiger partial charge in [-0.2, -0.15) is 5.10 Å². The zero-order valence-corrected chi connectivity index (χ0v) is 12.8. The first-order valence-electron chi connectivity index (χ1n) is 5.98. The number of nitrogens with one attached hydrogen (secondary N) is 2. The molecule has 0 saturated heterocycles. The number of aryl methyl sites for hydroxylation is 1. The molecule has 2 N–H and O–H groups in total. The van der Waals surface area contributed by atoms with Crippen molar-refractivity contribution in [1.82, 2.24) is 20.5 Å². The summed E-state index contributed by atoms with van der Waals surface area (Å²) in [4.78, 5) is 4.87. The van der Waals surface area contributed by atoms with E-state index in [-0.39, 0.29) is 10.8 Å². The van der Waals surface area contributed by atoms with E-state index in [1.165, 1.54) is 23.7 Å². The fourth-order valence-corrected chi connectivity index (χ4v) is 4.40. The molecule has 20 heavy (non-hydrogen) atoms. The van der Waals surface area contributed by atoms with Gasteiger partial charge in [-0.15, -0.1) is 16.4 Å². The van der Waals surface area contributed by atoms with Gasteiger partial charge in [0.15, 0.2) is 0 Å². The summed E-state index contributed by atoms with van der Waals surface area (Å²) in [6.45, 7) is 5.02. The average Bonchev–Trinajstić information content (AvgIpc) is 2.79. The lowest BCUT2D eigenvalue weighted by Gasteiger charge is -2.08. The fraction of sp³-hybridized carbons (Fsp3) is 0.364. The van der Waals surface area contributed by atoms with Gasteiger partial charge in [-0.25, -0.2) is 18.1 Å². The molecule has 9 heteroatoms. The third-order valence-electron chi connectivity index (χ3n) is 2.50. The monoisotopic (exact) mass is 313 g/mol. The van der Waals surface area contributed by atoms with Crippen molar-refractivity contribution < 1.29 is 8.42 Å². The number of anilines is 1. The SMILES string of the molecule is CCNCc1scc(C)c1S(=O)(=O)Nc1nccnn1. The first-order valence-corrected chi connectivity index (χ1v) is 8.35. The van der Waals surface area contributed by atoms with Gasteiger partial charge in [0.25, 0.3) is 16.0 Å². The van der Waals surface area contributed by atoms with Crippen LogP contribution in [0.1, 0.15) is 17.4 Å². The third-order valence-corrected chi connectivity index (χ3v) is 5.29. The quantitative estimate of drug-likeness (QED) is 0.830. The van der Waals surface area contributed by atoms with Crippen LogP contribution in [0.15, 0.2) is 22.7 Å². The standard InChI is InChI=1S/C11H15N5O2S2/c1-3-12-6-9-10(8(2)7-19-9)20(17,18)16-11-13-4-5-14-15-11/h4-5,7,12H,3,6H2,1-2H3,(H,13,15,16). The maximum absolute atomic E-state index is 12.4. The summed E-state index contributed by atoms with van der Waals surface area (Å²) in [6, 6.07) is 0. The number of rotatable bonds is 6. The molecule has 0 amide bonds. The highest BCUT2D eigenvalue weighted by Crippen LogP contribution is 2.27.